The van der Waals surface area contributed by atoms with Gasteiger partial charge < -0.3 is 25.1 Å². The summed E-state index contributed by atoms with van der Waals surface area (Å²) in [6, 6.07) is 6.85. The van der Waals surface area contributed by atoms with Crippen LogP contribution in [0.1, 0.15) is 64.2 Å². The van der Waals surface area contributed by atoms with E-state index in [1.165, 1.54) is 32.1 Å². The maximum absolute atomic E-state index is 13.6. The quantitative estimate of drug-likeness (QED) is 0.496. The predicted molar refractivity (Wildman–Crippen MR) is 133 cm³/mol. The molecule has 1 aliphatic carbocycles. The van der Waals surface area contributed by atoms with Crippen molar-refractivity contribution in [2.24, 2.45) is 5.92 Å². The first-order valence-electron chi connectivity index (χ1n) is 12.7. The summed E-state index contributed by atoms with van der Waals surface area (Å²) in [6.45, 7) is 1.52. The number of carbonyl (C=O) groups excluding carboxylic acids is 1. The van der Waals surface area contributed by atoms with Crippen molar-refractivity contribution in [1.82, 2.24) is 15.6 Å². The fraction of sp³-hybridized carbons (Fsp3) is 0.615. The van der Waals surface area contributed by atoms with Gasteiger partial charge in [-0.05, 0) is 56.8 Å². The van der Waals surface area contributed by atoms with Gasteiger partial charge in [0.2, 0.25) is 5.91 Å². The van der Waals surface area contributed by atoms with Gasteiger partial charge in [-0.3, -0.25) is 4.79 Å². The number of carbonyl (C=O) groups is 1. The number of nitrogens with zero attached hydrogens (tertiary/aromatic N) is 2. The Balaban J connectivity index is 1.59. The molecule has 9 nitrogen and oxygen atoms in total. The average Bonchev–Trinajstić information content (AvgIpc) is 2.87. The summed E-state index contributed by atoms with van der Waals surface area (Å²) in [7, 11) is 1.54. The molecule has 0 radical (unpaired) electrons. The van der Waals surface area contributed by atoms with Crippen LogP contribution in [0.3, 0.4) is 0 Å². The lowest BCUT2D eigenvalue weighted by Crippen LogP contribution is -2.57. The minimum absolute atomic E-state index is 0.158. The number of amides is 1. The highest BCUT2D eigenvalue weighted by Crippen LogP contribution is 2.30. The maximum atomic E-state index is 13.6. The Hall–Kier alpha value is -3.12. The van der Waals surface area contributed by atoms with Crippen LogP contribution < -0.4 is 26.4 Å². The minimum atomic E-state index is -0.737. The molecule has 1 amide bonds. The molecule has 1 aromatic carbocycles. The fourth-order valence-electron chi connectivity index (χ4n) is 5.35. The van der Waals surface area contributed by atoms with Crippen LogP contribution in [-0.2, 0) is 4.79 Å². The van der Waals surface area contributed by atoms with Gasteiger partial charge in [-0.15, -0.1) is 0 Å². The zero-order chi connectivity index (χ0) is 24.7. The van der Waals surface area contributed by atoms with E-state index in [1.54, 1.807) is 25.3 Å². The molecule has 35 heavy (non-hydrogen) atoms. The standard InChI is InChI=1S/C26H35N5O4/c1-34-19-8-9-20-22(17-19)35-25(33)30-23(20)29-21(10-7-18-5-3-2-4-6-18)24(32)31-26(11-14-27)12-15-28-16-13-26/h8-9,17-18,21,28H,2-7,10-13,15-16H2,1H3,(H,31,32)(H,29,30,33). The number of methoxy groups -OCH3 is 1. The Labute approximate surface area is 205 Å². The van der Waals surface area contributed by atoms with Crippen LogP contribution in [0.4, 0.5) is 5.82 Å². The van der Waals surface area contributed by atoms with Gasteiger partial charge in [0.1, 0.15) is 23.2 Å². The van der Waals surface area contributed by atoms with Crippen LogP contribution in [0, 0.1) is 17.2 Å². The number of benzene rings is 1. The zero-order valence-corrected chi connectivity index (χ0v) is 20.4. The van der Waals surface area contributed by atoms with Crippen molar-refractivity contribution in [3.63, 3.8) is 0 Å². The molecule has 1 saturated heterocycles. The Morgan fingerprint density at radius 2 is 2.09 bits per heavy atom. The summed E-state index contributed by atoms with van der Waals surface area (Å²) in [5.41, 5.74) is -0.196. The van der Waals surface area contributed by atoms with Crippen LogP contribution >= 0.6 is 0 Å². The van der Waals surface area contributed by atoms with Crippen LogP contribution in [0.25, 0.3) is 11.0 Å². The Bertz CT molecular complexity index is 1110. The zero-order valence-electron chi connectivity index (χ0n) is 20.4. The molecule has 9 heteroatoms. The van der Waals surface area contributed by atoms with E-state index in [9.17, 15) is 14.9 Å². The van der Waals surface area contributed by atoms with Crippen molar-refractivity contribution >= 4 is 22.7 Å². The highest BCUT2D eigenvalue weighted by molar-refractivity contribution is 5.92. The highest BCUT2D eigenvalue weighted by Gasteiger charge is 2.36. The first-order chi connectivity index (χ1) is 17.0. The number of hydrogen-bond donors (Lipinski definition) is 3. The fourth-order valence-corrected chi connectivity index (χ4v) is 5.35. The summed E-state index contributed by atoms with van der Waals surface area (Å²) in [4.78, 5) is 29.9. The lowest BCUT2D eigenvalue weighted by atomic mass is 9.84. The largest absolute Gasteiger partial charge is 0.497 e. The van der Waals surface area contributed by atoms with E-state index in [1.807, 2.05) is 0 Å². The number of aromatic nitrogens is 1. The SMILES string of the molecule is COc1ccc2c(NC(CCC3CCCCC3)C(=O)NC3(CC#N)CCNCC3)nc(=O)oc2c1. The van der Waals surface area contributed by atoms with Gasteiger partial charge in [0.15, 0.2) is 0 Å². The third-order valence-electron chi connectivity index (χ3n) is 7.43. The predicted octanol–water partition coefficient (Wildman–Crippen LogP) is 3.49. The maximum Gasteiger partial charge on any atom is 0.441 e. The molecule has 4 rings (SSSR count). The van der Waals surface area contributed by atoms with Gasteiger partial charge in [-0.2, -0.15) is 10.2 Å². The van der Waals surface area contributed by atoms with Crippen LogP contribution in [0.2, 0.25) is 0 Å². The molecule has 1 saturated carbocycles. The summed E-state index contributed by atoms with van der Waals surface area (Å²) in [5, 5.41) is 19.8. The molecule has 1 aliphatic heterocycles. The molecule has 2 aromatic rings. The van der Waals surface area contributed by atoms with E-state index >= 15 is 0 Å². The third-order valence-corrected chi connectivity index (χ3v) is 7.43. The molecule has 1 unspecified atom stereocenters. The minimum Gasteiger partial charge on any atom is -0.497 e. The van der Waals surface area contributed by atoms with Gasteiger partial charge in [0, 0.05) is 6.07 Å². The lowest BCUT2D eigenvalue weighted by molar-refractivity contribution is -0.124. The van der Waals surface area contributed by atoms with Crippen molar-refractivity contribution < 1.29 is 13.9 Å². The molecule has 1 aromatic heterocycles. The lowest BCUT2D eigenvalue weighted by Gasteiger charge is -2.38. The van der Waals surface area contributed by atoms with E-state index < -0.39 is 17.3 Å². The van der Waals surface area contributed by atoms with E-state index in [-0.39, 0.29) is 12.3 Å². The molecule has 188 valence electrons. The number of piperidine rings is 1. The van der Waals surface area contributed by atoms with Gasteiger partial charge in [0.25, 0.3) is 0 Å². The Morgan fingerprint density at radius 3 is 2.80 bits per heavy atom. The molecule has 2 fully saturated rings. The van der Waals surface area contributed by atoms with E-state index in [2.05, 4.69) is 27.0 Å². The topological polar surface area (TPSA) is 129 Å². The summed E-state index contributed by atoms with van der Waals surface area (Å²) in [5.74, 6) is 0.590. The Morgan fingerprint density at radius 1 is 1.31 bits per heavy atom. The Kier molecular flexibility index (Phi) is 8.24. The number of hydrogen-bond acceptors (Lipinski definition) is 8. The van der Waals surface area contributed by atoms with E-state index in [0.29, 0.717) is 47.7 Å². The third kappa shape index (κ3) is 6.31. The second-order valence-electron chi connectivity index (χ2n) is 9.82. The second-order valence-corrected chi connectivity index (χ2v) is 9.82. The van der Waals surface area contributed by atoms with Crippen molar-refractivity contribution in [2.45, 2.75) is 75.8 Å². The molecule has 0 spiro atoms. The average molecular weight is 482 g/mol. The molecule has 2 heterocycles. The molecular formula is C26H35N5O4. The van der Waals surface area contributed by atoms with Crippen molar-refractivity contribution in [3.05, 3.63) is 28.7 Å². The normalized spacial score (nSPS) is 19.0. The van der Waals surface area contributed by atoms with Crippen LogP contribution in [0.15, 0.2) is 27.4 Å². The van der Waals surface area contributed by atoms with E-state index in [4.69, 9.17) is 9.15 Å². The second kappa shape index (κ2) is 11.5. The highest BCUT2D eigenvalue weighted by atomic mass is 16.5. The van der Waals surface area contributed by atoms with Gasteiger partial charge >= 0.3 is 5.76 Å². The molecule has 0 bridgehead atoms. The monoisotopic (exact) mass is 481 g/mol. The van der Waals surface area contributed by atoms with Gasteiger partial charge in [0.05, 0.1) is 30.5 Å². The summed E-state index contributed by atoms with van der Waals surface area (Å²) in [6.07, 6.45) is 9.36. The van der Waals surface area contributed by atoms with E-state index in [0.717, 1.165) is 19.5 Å². The summed E-state index contributed by atoms with van der Waals surface area (Å²) < 4.78 is 10.5. The molecular weight excluding hydrogens is 446 g/mol. The molecule has 2 aliphatic rings. The van der Waals surface area contributed by atoms with Gasteiger partial charge in [-0.1, -0.05) is 32.1 Å². The van der Waals surface area contributed by atoms with Crippen molar-refractivity contribution in [2.75, 3.05) is 25.5 Å². The number of nitriles is 1. The van der Waals surface area contributed by atoms with Crippen LogP contribution in [0.5, 0.6) is 5.75 Å². The van der Waals surface area contributed by atoms with Crippen LogP contribution in [-0.4, -0.2) is 42.7 Å². The summed E-state index contributed by atoms with van der Waals surface area (Å²) >= 11 is 0. The van der Waals surface area contributed by atoms with Gasteiger partial charge in [-0.25, -0.2) is 4.79 Å². The van der Waals surface area contributed by atoms with Crippen molar-refractivity contribution in [1.29, 1.82) is 5.26 Å². The molecule has 3 N–H and O–H groups in total. The molecule has 1 atom stereocenters. The number of ether oxygens (including phenoxy) is 1. The number of fused-ring (bicyclic) bond motifs is 1. The first kappa shape index (κ1) is 25.0. The number of rotatable bonds is 9. The number of nitrogens with one attached hydrogen (secondary N) is 3. The first-order valence-corrected chi connectivity index (χ1v) is 12.7. The number of anilines is 1. The van der Waals surface area contributed by atoms with Crippen molar-refractivity contribution in [3.8, 4) is 11.8 Å². The smallest absolute Gasteiger partial charge is 0.441 e.